The second-order valence-electron chi connectivity index (χ2n) is 5.08. The minimum atomic E-state index is -0.0591. The van der Waals surface area contributed by atoms with Crippen LogP contribution in [0.25, 0.3) is 0 Å². The predicted molar refractivity (Wildman–Crippen MR) is 83.0 cm³/mol. The molecule has 100 valence electrons. The van der Waals surface area contributed by atoms with Gasteiger partial charge in [-0.2, -0.15) is 0 Å². The molecular weight excluding hydrogens is 322 g/mol. The Morgan fingerprint density at radius 1 is 1.42 bits per heavy atom. The highest BCUT2D eigenvalue weighted by Gasteiger charge is 2.21. The van der Waals surface area contributed by atoms with Gasteiger partial charge in [-0.1, -0.05) is 12.1 Å². The van der Waals surface area contributed by atoms with Gasteiger partial charge >= 0.3 is 0 Å². The van der Waals surface area contributed by atoms with Crippen LogP contribution in [0.3, 0.4) is 0 Å². The molecule has 0 amide bonds. The zero-order valence-corrected chi connectivity index (χ0v) is 13.3. The highest BCUT2D eigenvalue weighted by atomic mass is 79.9. The molecular formula is C15H16BrNOS. The van der Waals surface area contributed by atoms with E-state index in [1.807, 2.05) is 6.07 Å². The topological polar surface area (TPSA) is 35.2 Å². The molecule has 1 aliphatic rings. The molecule has 19 heavy (non-hydrogen) atoms. The van der Waals surface area contributed by atoms with Crippen LogP contribution in [0.2, 0.25) is 0 Å². The third-order valence-corrected chi connectivity index (χ3v) is 5.68. The lowest BCUT2D eigenvalue weighted by Gasteiger charge is -2.11. The monoisotopic (exact) mass is 337 g/mol. The first kappa shape index (κ1) is 13.2. The fourth-order valence-corrected chi connectivity index (χ4v) is 4.04. The number of nitrogens with two attached hydrogens (primary N) is 1. The van der Waals surface area contributed by atoms with E-state index in [-0.39, 0.29) is 12.1 Å². The number of rotatable bonds is 2. The van der Waals surface area contributed by atoms with Crippen LogP contribution in [-0.4, -0.2) is 6.10 Å². The molecule has 0 spiro atoms. The molecule has 2 heterocycles. The summed E-state index contributed by atoms with van der Waals surface area (Å²) in [5.41, 5.74) is 10.0. The van der Waals surface area contributed by atoms with Crippen molar-refractivity contribution in [3.63, 3.8) is 0 Å². The summed E-state index contributed by atoms with van der Waals surface area (Å²) in [7, 11) is 0. The van der Waals surface area contributed by atoms with Gasteiger partial charge in [0.2, 0.25) is 0 Å². The van der Waals surface area contributed by atoms with Crippen molar-refractivity contribution < 1.29 is 4.74 Å². The molecule has 0 saturated heterocycles. The number of hydrogen-bond donors (Lipinski definition) is 1. The molecule has 0 aliphatic carbocycles. The van der Waals surface area contributed by atoms with Crippen LogP contribution in [0.1, 0.15) is 34.5 Å². The van der Waals surface area contributed by atoms with E-state index < -0.39 is 0 Å². The van der Waals surface area contributed by atoms with Crippen LogP contribution in [0.15, 0.2) is 28.1 Å². The zero-order valence-electron chi connectivity index (χ0n) is 10.9. The lowest BCUT2D eigenvalue weighted by Crippen LogP contribution is -2.10. The van der Waals surface area contributed by atoms with Crippen molar-refractivity contribution in [1.82, 2.24) is 0 Å². The first-order valence-corrected chi connectivity index (χ1v) is 7.96. The van der Waals surface area contributed by atoms with Gasteiger partial charge in [-0.15, -0.1) is 11.3 Å². The number of halogens is 1. The highest BCUT2D eigenvalue weighted by molar-refractivity contribution is 9.11. The average molecular weight is 338 g/mol. The maximum Gasteiger partial charge on any atom is 0.123 e. The third-order valence-electron chi connectivity index (χ3n) is 3.46. The maximum absolute atomic E-state index is 6.38. The number of fused-ring (bicyclic) bond motifs is 1. The van der Waals surface area contributed by atoms with Crippen LogP contribution in [0.4, 0.5) is 0 Å². The predicted octanol–water partition coefficient (Wildman–Crippen LogP) is 4.19. The number of thiophene rings is 1. The van der Waals surface area contributed by atoms with Crippen molar-refractivity contribution in [3.05, 3.63) is 49.6 Å². The van der Waals surface area contributed by atoms with Gasteiger partial charge in [0.25, 0.3) is 0 Å². The average Bonchev–Trinajstić information content (AvgIpc) is 2.90. The number of hydrogen-bond acceptors (Lipinski definition) is 3. The summed E-state index contributed by atoms with van der Waals surface area (Å²) < 4.78 is 6.89. The van der Waals surface area contributed by atoms with Gasteiger partial charge in [0.05, 0.1) is 9.83 Å². The summed E-state index contributed by atoms with van der Waals surface area (Å²) in [6.07, 6.45) is 1.25. The van der Waals surface area contributed by atoms with Crippen molar-refractivity contribution in [2.45, 2.75) is 32.4 Å². The SMILES string of the molecule is Cc1cc(C(N)c2ccc3c(c2)CC(C)O3)sc1Br. The largest absolute Gasteiger partial charge is 0.490 e. The van der Waals surface area contributed by atoms with Gasteiger partial charge in [0, 0.05) is 11.3 Å². The molecule has 2 N–H and O–H groups in total. The Balaban J connectivity index is 1.92. The molecule has 2 aromatic rings. The summed E-state index contributed by atoms with van der Waals surface area (Å²) in [5.74, 6) is 1.01. The Hall–Kier alpha value is -0.840. The fraction of sp³-hybridized carbons (Fsp3) is 0.333. The van der Waals surface area contributed by atoms with Crippen LogP contribution >= 0.6 is 27.3 Å². The Labute approximate surface area is 125 Å². The molecule has 4 heteroatoms. The van der Waals surface area contributed by atoms with Crippen molar-refractivity contribution in [3.8, 4) is 5.75 Å². The minimum Gasteiger partial charge on any atom is -0.490 e. The first-order valence-electron chi connectivity index (χ1n) is 6.35. The summed E-state index contributed by atoms with van der Waals surface area (Å²) in [6, 6.07) is 8.41. The lowest BCUT2D eigenvalue weighted by atomic mass is 10.0. The molecule has 2 nitrogen and oxygen atoms in total. The van der Waals surface area contributed by atoms with E-state index >= 15 is 0 Å². The molecule has 2 unspecified atom stereocenters. The van der Waals surface area contributed by atoms with Crippen molar-refractivity contribution in [2.75, 3.05) is 0 Å². The Morgan fingerprint density at radius 2 is 2.21 bits per heavy atom. The van der Waals surface area contributed by atoms with Gasteiger partial charge in [-0.3, -0.25) is 0 Å². The quantitative estimate of drug-likeness (QED) is 0.891. The van der Waals surface area contributed by atoms with Crippen molar-refractivity contribution in [2.24, 2.45) is 5.73 Å². The highest BCUT2D eigenvalue weighted by Crippen LogP contribution is 2.36. The molecule has 3 rings (SSSR count). The number of aryl methyl sites for hydroxylation is 1. The third kappa shape index (κ3) is 2.45. The zero-order chi connectivity index (χ0) is 13.6. The van der Waals surface area contributed by atoms with Crippen LogP contribution in [0, 0.1) is 6.92 Å². The van der Waals surface area contributed by atoms with Gasteiger partial charge in [0.15, 0.2) is 0 Å². The van der Waals surface area contributed by atoms with E-state index in [0.29, 0.717) is 0 Å². The molecule has 1 aromatic heterocycles. The van der Waals surface area contributed by atoms with E-state index in [1.54, 1.807) is 11.3 Å². The molecule has 0 bridgehead atoms. The van der Waals surface area contributed by atoms with Crippen LogP contribution in [0.5, 0.6) is 5.75 Å². The summed E-state index contributed by atoms with van der Waals surface area (Å²) in [6.45, 7) is 4.19. The number of ether oxygens (including phenoxy) is 1. The van der Waals surface area contributed by atoms with Gasteiger partial charge in [-0.25, -0.2) is 0 Å². The van der Waals surface area contributed by atoms with E-state index in [4.69, 9.17) is 10.5 Å². The molecule has 1 aliphatic heterocycles. The summed E-state index contributed by atoms with van der Waals surface area (Å²) in [5, 5.41) is 0. The standard InChI is InChI=1S/C15H16BrNOS/c1-8-5-13(19-15(8)16)14(17)10-3-4-12-11(7-10)6-9(2)18-12/h3-5,7,9,14H,6,17H2,1-2H3. The van der Waals surface area contributed by atoms with E-state index in [9.17, 15) is 0 Å². The first-order chi connectivity index (χ1) is 9.04. The normalized spacial score (nSPS) is 19.1. The molecule has 1 aromatic carbocycles. The Kier molecular flexibility index (Phi) is 3.41. The van der Waals surface area contributed by atoms with Gasteiger partial charge < -0.3 is 10.5 Å². The second kappa shape index (κ2) is 4.93. The van der Waals surface area contributed by atoms with Gasteiger partial charge in [-0.05, 0) is 58.6 Å². The fourth-order valence-electron chi connectivity index (χ4n) is 2.44. The smallest absolute Gasteiger partial charge is 0.123 e. The van der Waals surface area contributed by atoms with Crippen LogP contribution < -0.4 is 10.5 Å². The molecule has 0 fully saturated rings. The second-order valence-corrected chi connectivity index (χ2v) is 7.48. The minimum absolute atomic E-state index is 0.0591. The van der Waals surface area contributed by atoms with E-state index in [0.717, 1.165) is 21.5 Å². The molecule has 0 radical (unpaired) electrons. The van der Waals surface area contributed by atoms with Crippen molar-refractivity contribution >= 4 is 27.3 Å². The maximum atomic E-state index is 6.38. The lowest BCUT2D eigenvalue weighted by molar-refractivity contribution is 0.254. The Bertz CT molecular complexity index is 603. The van der Waals surface area contributed by atoms with Gasteiger partial charge in [0.1, 0.15) is 11.9 Å². The van der Waals surface area contributed by atoms with Crippen LogP contribution in [-0.2, 0) is 6.42 Å². The summed E-state index contributed by atoms with van der Waals surface area (Å²) in [4.78, 5) is 1.19. The molecule has 2 atom stereocenters. The number of benzene rings is 1. The molecule has 0 saturated carbocycles. The summed E-state index contributed by atoms with van der Waals surface area (Å²) >= 11 is 5.27. The van der Waals surface area contributed by atoms with Crippen molar-refractivity contribution in [1.29, 1.82) is 0 Å². The van der Waals surface area contributed by atoms with E-state index in [1.165, 1.54) is 16.0 Å². The Morgan fingerprint density at radius 3 is 2.89 bits per heavy atom. The van der Waals surface area contributed by atoms with E-state index in [2.05, 4.69) is 48.0 Å².